The molecule has 1 saturated heterocycles. The van der Waals surface area contributed by atoms with E-state index in [4.69, 9.17) is 16.3 Å². The predicted octanol–water partition coefficient (Wildman–Crippen LogP) is 2.63. The van der Waals surface area contributed by atoms with Gasteiger partial charge >= 0.3 is 5.97 Å². The first-order valence-corrected chi connectivity index (χ1v) is 10.0. The quantitative estimate of drug-likeness (QED) is 0.668. The second-order valence-electron chi connectivity index (χ2n) is 7.34. The van der Waals surface area contributed by atoms with Crippen molar-refractivity contribution < 1.29 is 23.9 Å². The molecule has 0 aliphatic carbocycles. The minimum absolute atomic E-state index is 0.0234. The second kappa shape index (κ2) is 9.61. The average molecular weight is 444 g/mol. The molecule has 0 radical (unpaired) electrons. The number of halogens is 1. The van der Waals surface area contributed by atoms with Crippen molar-refractivity contribution in [1.82, 2.24) is 10.4 Å². The summed E-state index contributed by atoms with van der Waals surface area (Å²) < 4.78 is 5.04. The molecule has 8 nitrogen and oxygen atoms in total. The molecule has 3 rings (SSSR count). The third-order valence-electron chi connectivity index (χ3n) is 4.78. The van der Waals surface area contributed by atoms with Crippen LogP contribution in [0, 0.1) is 19.8 Å². The third-order valence-corrected chi connectivity index (χ3v) is 5.18. The third kappa shape index (κ3) is 5.82. The van der Waals surface area contributed by atoms with Crippen molar-refractivity contribution in [3.05, 3.63) is 64.2 Å². The van der Waals surface area contributed by atoms with Crippen molar-refractivity contribution >= 4 is 41.0 Å². The molecule has 3 amide bonds. The van der Waals surface area contributed by atoms with Crippen LogP contribution in [0.15, 0.2) is 42.5 Å². The lowest BCUT2D eigenvalue weighted by Gasteiger charge is -2.17. The molecular formula is C22H22ClN3O5. The zero-order valence-corrected chi connectivity index (χ0v) is 17.9. The fraction of sp³-hybridized carbons (Fsp3) is 0.273. The smallest absolute Gasteiger partial charge is 0.311 e. The van der Waals surface area contributed by atoms with Crippen LogP contribution in [-0.4, -0.2) is 41.9 Å². The highest BCUT2D eigenvalue weighted by Gasteiger charge is 2.36. The van der Waals surface area contributed by atoms with Crippen LogP contribution >= 0.6 is 11.6 Å². The van der Waals surface area contributed by atoms with Gasteiger partial charge in [0.25, 0.3) is 11.8 Å². The van der Waals surface area contributed by atoms with Gasteiger partial charge in [0.05, 0.1) is 12.5 Å². The normalized spacial score (nSPS) is 15.5. The predicted molar refractivity (Wildman–Crippen MR) is 114 cm³/mol. The van der Waals surface area contributed by atoms with Crippen LogP contribution in [0.2, 0.25) is 5.02 Å². The molecule has 2 N–H and O–H groups in total. The monoisotopic (exact) mass is 443 g/mol. The first-order chi connectivity index (χ1) is 14.7. The number of hydrogen-bond acceptors (Lipinski definition) is 5. The molecule has 0 spiro atoms. The van der Waals surface area contributed by atoms with Crippen molar-refractivity contribution in [1.29, 1.82) is 0 Å². The summed E-state index contributed by atoms with van der Waals surface area (Å²) in [6.07, 6.45) is -0.109. The number of aryl methyl sites for hydroxylation is 2. The summed E-state index contributed by atoms with van der Waals surface area (Å²) in [5.74, 6) is -2.82. The maximum absolute atomic E-state index is 12.3. The van der Waals surface area contributed by atoms with Crippen LogP contribution in [0.4, 0.5) is 5.69 Å². The van der Waals surface area contributed by atoms with E-state index < -0.39 is 36.2 Å². The van der Waals surface area contributed by atoms with E-state index in [2.05, 4.69) is 10.7 Å². The van der Waals surface area contributed by atoms with E-state index in [1.807, 2.05) is 19.9 Å². The number of carbonyl (C=O) groups excluding carboxylic acids is 4. The lowest BCUT2D eigenvalue weighted by molar-refractivity contribution is -0.151. The molecule has 1 fully saturated rings. The number of carbonyl (C=O) groups is 4. The number of benzene rings is 2. The van der Waals surface area contributed by atoms with Gasteiger partial charge in [-0.2, -0.15) is 0 Å². The summed E-state index contributed by atoms with van der Waals surface area (Å²) in [5, 5.41) is 4.20. The van der Waals surface area contributed by atoms with E-state index in [-0.39, 0.29) is 13.0 Å². The van der Waals surface area contributed by atoms with E-state index in [1.165, 1.54) is 0 Å². The molecule has 1 aliphatic heterocycles. The van der Waals surface area contributed by atoms with Crippen LogP contribution < -0.4 is 10.7 Å². The fourth-order valence-corrected chi connectivity index (χ4v) is 3.25. The molecule has 0 unspecified atom stereocenters. The number of nitrogens with one attached hydrogen (secondary N) is 2. The number of amides is 3. The van der Waals surface area contributed by atoms with Gasteiger partial charge in [0.2, 0.25) is 5.91 Å². The number of esters is 1. The molecule has 1 aliphatic rings. The number of nitrogens with zero attached hydrogens (tertiary/aromatic N) is 1. The lowest BCUT2D eigenvalue weighted by Crippen LogP contribution is -2.43. The maximum Gasteiger partial charge on any atom is 0.311 e. The summed E-state index contributed by atoms with van der Waals surface area (Å²) in [4.78, 5) is 48.8. The van der Waals surface area contributed by atoms with Gasteiger partial charge in [0.15, 0.2) is 6.61 Å². The summed E-state index contributed by atoms with van der Waals surface area (Å²) >= 11 is 6.02. The molecule has 0 bridgehead atoms. The number of hydrogen-bond donors (Lipinski definition) is 2. The van der Waals surface area contributed by atoms with Gasteiger partial charge in [-0.25, -0.2) is 0 Å². The Morgan fingerprint density at radius 3 is 2.65 bits per heavy atom. The van der Waals surface area contributed by atoms with Crippen LogP contribution in [-0.2, 0) is 19.1 Å². The molecule has 162 valence electrons. The van der Waals surface area contributed by atoms with Gasteiger partial charge in [0.1, 0.15) is 0 Å². The minimum Gasteiger partial charge on any atom is -0.455 e. The van der Waals surface area contributed by atoms with E-state index in [0.29, 0.717) is 16.3 Å². The molecule has 2 aromatic carbocycles. The Bertz CT molecular complexity index is 1040. The molecule has 2 aromatic rings. The van der Waals surface area contributed by atoms with Crippen molar-refractivity contribution in [3.8, 4) is 0 Å². The molecule has 1 heterocycles. The highest BCUT2D eigenvalue weighted by Crippen LogP contribution is 2.20. The first-order valence-electron chi connectivity index (χ1n) is 9.63. The number of ether oxygens (including phenoxy) is 1. The van der Waals surface area contributed by atoms with Crippen LogP contribution in [0.3, 0.4) is 0 Å². The van der Waals surface area contributed by atoms with Crippen molar-refractivity contribution in [2.45, 2.75) is 20.3 Å². The zero-order chi connectivity index (χ0) is 22.5. The van der Waals surface area contributed by atoms with Gasteiger partial charge in [0, 0.05) is 22.7 Å². The van der Waals surface area contributed by atoms with Crippen LogP contribution in [0.1, 0.15) is 27.9 Å². The number of rotatable bonds is 6. The Morgan fingerprint density at radius 1 is 1.16 bits per heavy atom. The van der Waals surface area contributed by atoms with E-state index >= 15 is 0 Å². The second-order valence-corrected chi connectivity index (χ2v) is 7.74. The van der Waals surface area contributed by atoms with Crippen molar-refractivity contribution in [3.63, 3.8) is 0 Å². The lowest BCUT2D eigenvalue weighted by atomic mass is 10.1. The summed E-state index contributed by atoms with van der Waals surface area (Å²) in [6.45, 7) is 3.17. The Kier molecular flexibility index (Phi) is 6.91. The Hall–Kier alpha value is -3.39. The number of anilines is 1. The van der Waals surface area contributed by atoms with Gasteiger partial charge < -0.3 is 10.1 Å². The van der Waals surface area contributed by atoms with E-state index in [1.54, 1.807) is 36.4 Å². The Morgan fingerprint density at radius 2 is 1.94 bits per heavy atom. The van der Waals surface area contributed by atoms with E-state index in [0.717, 1.165) is 16.1 Å². The maximum atomic E-state index is 12.3. The topological polar surface area (TPSA) is 105 Å². The first kappa shape index (κ1) is 22.3. The van der Waals surface area contributed by atoms with Crippen LogP contribution in [0.5, 0.6) is 0 Å². The van der Waals surface area contributed by atoms with E-state index in [9.17, 15) is 19.2 Å². The number of hydrazine groups is 1. The Labute approximate surface area is 184 Å². The summed E-state index contributed by atoms with van der Waals surface area (Å²) in [6, 6.07) is 12.0. The SMILES string of the molecule is Cc1cccc(C(=O)NN2C[C@@H](C(=O)OCC(=O)Nc3ccc(C)c(Cl)c3)CC2=O)c1. The largest absolute Gasteiger partial charge is 0.455 e. The highest BCUT2D eigenvalue weighted by molar-refractivity contribution is 6.31. The molecule has 1 atom stereocenters. The zero-order valence-electron chi connectivity index (χ0n) is 17.1. The van der Waals surface area contributed by atoms with Gasteiger partial charge in [-0.3, -0.25) is 29.6 Å². The van der Waals surface area contributed by atoms with Crippen molar-refractivity contribution in [2.75, 3.05) is 18.5 Å². The highest BCUT2D eigenvalue weighted by atomic mass is 35.5. The van der Waals surface area contributed by atoms with Gasteiger partial charge in [-0.15, -0.1) is 0 Å². The van der Waals surface area contributed by atoms with Crippen molar-refractivity contribution in [2.24, 2.45) is 5.92 Å². The Balaban J connectivity index is 1.48. The summed E-state index contributed by atoms with van der Waals surface area (Å²) in [7, 11) is 0. The molecule has 9 heteroatoms. The molecule has 0 saturated carbocycles. The fourth-order valence-electron chi connectivity index (χ4n) is 3.07. The van der Waals surface area contributed by atoms with Gasteiger partial charge in [-0.05, 0) is 43.7 Å². The molecular weight excluding hydrogens is 422 g/mol. The van der Waals surface area contributed by atoms with Crippen LogP contribution in [0.25, 0.3) is 0 Å². The van der Waals surface area contributed by atoms with Gasteiger partial charge in [-0.1, -0.05) is 35.4 Å². The minimum atomic E-state index is -0.771. The average Bonchev–Trinajstić information content (AvgIpc) is 3.09. The molecule has 31 heavy (non-hydrogen) atoms. The standard InChI is InChI=1S/C22H22ClN3O5/c1-13-4-3-5-15(8-13)21(29)25-26-11-16(9-20(26)28)22(30)31-12-19(27)24-17-7-6-14(2)18(23)10-17/h3-8,10,16H,9,11-12H2,1-2H3,(H,24,27)(H,25,29)/t16-/m0/s1. The molecule has 0 aromatic heterocycles. The summed E-state index contributed by atoms with van der Waals surface area (Å²) in [5.41, 5.74) is 5.18.